The summed E-state index contributed by atoms with van der Waals surface area (Å²) in [6.45, 7) is 8.43. The first-order valence-corrected chi connectivity index (χ1v) is 6.40. The van der Waals surface area contributed by atoms with Crippen LogP contribution >= 0.6 is 0 Å². The fourth-order valence-corrected chi connectivity index (χ4v) is 1.62. The molecule has 0 aliphatic heterocycles. The zero-order chi connectivity index (χ0) is 12.7. The van der Waals surface area contributed by atoms with Crippen molar-refractivity contribution in [1.82, 2.24) is 0 Å². The molecule has 0 heterocycles. The summed E-state index contributed by atoms with van der Waals surface area (Å²) >= 11 is 0. The molecule has 1 aromatic rings. The minimum atomic E-state index is 1.02. The van der Waals surface area contributed by atoms with Crippen molar-refractivity contribution in [2.24, 2.45) is 4.99 Å². The summed E-state index contributed by atoms with van der Waals surface area (Å²) in [6.07, 6.45) is 5.24. The molecule has 0 spiro atoms. The molecule has 1 rings (SSSR count). The van der Waals surface area contributed by atoms with Crippen LogP contribution in [0.5, 0.6) is 0 Å². The molecule has 0 unspecified atom stereocenters. The molecule has 1 heteroatoms. The number of aliphatic imine (C=N–C) groups is 1. The lowest BCUT2D eigenvalue weighted by Gasteiger charge is -2.04. The Morgan fingerprint density at radius 2 is 1.88 bits per heavy atom. The van der Waals surface area contributed by atoms with Crippen LogP contribution in [0.4, 0.5) is 0 Å². The summed E-state index contributed by atoms with van der Waals surface area (Å²) in [4.78, 5) is 4.62. The van der Waals surface area contributed by atoms with E-state index in [9.17, 15) is 0 Å². The Morgan fingerprint density at radius 3 is 2.41 bits per heavy atom. The predicted molar refractivity (Wildman–Crippen MR) is 76.7 cm³/mol. The van der Waals surface area contributed by atoms with Crippen molar-refractivity contribution in [2.45, 2.75) is 47.0 Å². The second kappa shape index (κ2) is 7.05. The van der Waals surface area contributed by atoms with Crippen LogP contribution in [0, 0.1) is 6.92 Å². The smallest absolute Gasteiger partial charge is 0.0363 e. The van der Waals surface area contributed by atoms with Gasteiger partial charge in [0.25, 0.3) is 0 Å². The molecule has 0 aliphatic rings. The first-order chi connectivity index (χ1) is 8.15. The summed E-state index contributed by atoms with van der Waals surface area (Å²) in [5, 5.41) is 0. The molecule has 0 radical (unpaired) electrons. The van der Waals surface area contributed by atoms with E-state index in [1.54, 1.807) is 0 Å². The highest BCUT2D eigenvalue weighted by atomic mass is 14.7. The van der Waals surface area contributed by atoms with Gasteiger partial charge in [0, 0.05) is 11.4 Å². The zero-order valence-corrected chi connectivity index (χ0v) is 11.5. The van der Waals surface area contributed by atoms with Crippen LogP contribution in [0.1, 0.15) is 44.7 Å². The van der Waals surface area contributed by atoms with Gasteiger partial charge < -0.3 is 0 Å². The molecular weight excluding hydrogens is 206 g/mol. The van der Waals surface area contributed by atoms with Crippen LogP contribution in [0.2, 0.25) is 0 Å². The average molecular weight is 229 g/mol. The Balaban J connectivity index is 2.57. The minimum Gasteiger partial charge on any atom is -0.263 e. The molecule has 17 heavy (non-hydrogen) atoms. The largest absolute Gasteiger partial charge is 0.263 e. The first-order valence-electron chi connectivity index (χ1n) is 6.40. The molecular formula is C16H23N. The normalized spacial score (nSPS) is 12.9. The highest BCUT2D eigenvalue weighted by Gasteiger charge is 1.97. The van der Waals surface area contributed by atoms with Crippen molar-refractivity contribution in [3.8, 4) is 0 Å². The lowest BCUT2D eigenvalue weighted by Crippen LogP contribution is -1.92. The van der Waals surface area contributed by atoms with Crippen LogP contribution in [0.15, 0.2) is 41.0 Å². The van der Waals surface area contributed by atoms with Crippen molar-refractivity contribution in [1.29, 1.82) is 0 Å². The number of hydrogen-bond donors (Lipinski definition) is 0. The number of rotatable bonds is 5. The summed E-state index contributed by atoms with van der Waals surface area (Å²) in [7, 11) is 0. The molecule has 92 valence electrons. The monoisotopic (exact) mass is 229 g/mol. The number of nitrogens with zero attached hydrogens (tertiary/aromatic N) is 1. The Bertz CT molecular complexity index is 396. The second-order valence-electron chi connectivity index (χ2n) is 4.47. The van der Waals surface area contributed by atoms with E-state index in [-0.39, 0.29) is 0 Å². The van der Waals surface area contributed by atoms with Gasteiger partial charge in [-0.15, -0.1) is 0 Å². The second-order valence-corrected chi connectivity index (χ2v) is 4.47. The maximum atomic E-state index is 4.62. The number of benzene rings is 1. The topological polar surface area (TPSA) is 12.4 Å². The number of allylic oxidation sites excluding steroid dienone is 2. The third-order valence-corrected chi connectivity index (χ3v) is 2.97. The predicted octanol–water partition coefficient (Wildman–Crippen LogP) is 4.70. The van der Waals surface area contributed by atoms with Crippen LogP contribution in [0.3, 0.4) is 0 Å². The van der Waals surface area contributed by atoms with Crippen LogP contribution in [0.25, 0.3) is 0 Å². The van der Waals surface area contributed by atoms with Crippen molar-refractivity contribution < 1.29 is 0 Å². The molecule has 0 atom stereocenters. The average Bonchev–Trinajstić information content (AvgIpc) is 2.36. The van der Waals surface area contributed by atoms with E-state index in [2.05, 4.69) is 63.0 Å². The van der Waals surface area contributed by atoms with E-state index in [0.717, 1.165) is 19.3 Å². The van der Waals surface area contributed by atoms with E-state index in [1.807, 2.05) is 0 Å². The van der Waals surface area contributed by atoms with Gasteiger partial charge in [-0.3, -0.25) is 4.99 Å². The van der Waals surface area contributed by atoms with Gasteiger partial charge >= 0.3 is 0 Å². The van der Waals surface area contributed by atoms with E-state index in [4.69, 9.17) is 0 Å². The quantitative estimate of drug-likeness (QED) is 0.649. The molecule has 0 N–H and O–H groups in total. The molecule has 0 saturated carbocycles. The van der Waals surface area contributed by atoms with Gasteiger partial charge in [0.1, 0.15) is 0 Å². The lowest BCUT2D eigenvalue weighted by molar-refractivity contribution is 0.919. The van der Waals surface area contributed by atoms with Gasteiger partial charge in [-0.05, 0) is 45.6 Å². The maximum Gasteiger partial charge on any atom is 0.0363 e. The zero-order valence-electron chi connectivity index (χ0n) is 11.5. The summed E-state index contributed by atoms with van der Waals surface area (Å²) in [5.41, 5.74) is 5.12. The van der Waals surface area contributed by atoms with E-state index in [1.165, 1.54) is 22.5 Å². The van der Waals surface area contributed by atoms with Crippen LogP contribution in [-0.2, 0) is 6.42 Å². The van der Waals surface area contributed by atoms with Gasteiger partial charge in [0.2, 0.25) is 0 Å². The fraction of sp³-hybridized carbons (Fsp3) is 0.438. The molecule has 0 bridgehead atoms. The van der Waals surface area contributed by atoms with Gasteiger partial charge in [0.05, 0.1) is 0 Å². The third kappa shape index (κ3) is 4.99. The molecule has 0 amide bonds. The van der Waals surface area contributed by atoms with Gasteiger partial charge in [-0.25, -0.2) is 0 Å². The maximum absolute atomic E-state index is 4.62. The highest BCUT2D eigenvalue weighted by molar-refractivity contribution is 5.82. The number of hydrogen-bond acceptors (Lipinski definition) is 1. The van der Waals surface area contributed by atoms with E-state index < -0.39 is 0 Å². The Morgan fingerprint density at radius 1 is 1.24 bits per heavy atom. The standard InChI is InChI=1S/C16H23N/c1-5-14(4)17-16(6-2)12-11-15-9-7-13(3)8-10-15/h6-10H,5,11-12H2,1-4H3/b16-6-,17-14?. The molecule has 0 fully saturated rings. The molecule has 1 nitrogen and oxygen atoms in total. The summed E-state index contributed by atoms with van der Waals surface area (Å²) < 4.78 is 0. The van der Waals surface area contributed by atoms with Crippen molar-refractivity contribution in [2.75, 3.05) is 0 Å². The highest BCUT2D eigenvalue weighted by Crippen LogP contribution is 2.12. The Kier molecular flexibility index (Phi) is 5.68. The summed E-state index contributed by atoms with van der Waals surface area (Å²) in [6, 6.07) is 8.76. The fourth-order valence-electron chi connectivity index (χ4n) is 1.62. The van der Waals surface area contributed by atoms with Gasteiger partial charge in [-0.1, -0.05) is 42.8 Å². The minimum absolute atomic E-state index is 1.02. The van der Waals surface area contributed by atoms with E-state index in [0.29, 0.717) is 0 Å². The van der Waals surface area contributed by atoms with Gasteiger partial charge in [-0.2, -0.15) is 0 Å². The molecule has 0 aliphatic carbocycles. The van der Waals surface area contributed by atoms with E-state index >= 15 is 0 Å². The van der Waals surface area contributed by atoms with Crippen molar-refractivity contribution in [3.05, 3.63) is 47.2 Å². The third-order valence-electron chi connectivity index (χ3n) is 2.97. The summed E-state index contributed by atoms with van der Waals surface area (Å²) in [5.74, 6) is 0. The molecule has 1 aromatic carbocycles. The molecule has 0 aromatic heterocycles. The lowest BCUT2D eigenvalue weighted by atomic mass is 10.1. The van der Waals surface area contributed by atoms with Crippen molar-refractivity contribution >= 4 is 5.71 Å². The number of aryl methyl sites for hydroxylation is 2. The van der Waals surface area contributed by atoms with Crippen LogP contribution in [-0.4, -0.2) is 5.71 Å². The van der Waals surface area contributed by atoms with Crippen LogP contribution < -0.4 is 0 Å². The molecule has 0 saturated heterocycles. The Hall–Kier alpha value is -1.37. The van der Waals surface area contributed by atoms with Gasteiger partial charge in [0.15, 0.2) is 0 Å². The SMILES string of the molecule is C/C=C(/CCc1ccc(C)cc1)N=C(C)CC. The first kappa shape index (κ1) is 13.7. The van der Waals surface area contributed by atoms with Crippen molar-refractivity contribution in [3.63, 3.8) is 0 Å². The Labute approximate surface area is 105 Å².